The molecule has 2 aromatic carbocycles. The highest BCUT2D eigenvalue weighted by molar-refractivity contribution is 5.76. The summed E-state index contributed by atoms with van der Waals surface area (Å²) >= 11 is 0. The topological polar surface area (TPSA) is 86.3 Å². The number of rotatable bonds is 10. The number of aliphatic hydroxyl groups excluding tert-OH is 1. The number of methoxy groups -OCH3 is 4. The van der Waals surface area contributed by atoms with Crippen molar-refractivity contribution in [1.29, 1.82) is 0 Å². The number of ether oxygens (including phenoxy) is 4. The van der Waals surface area contributed by atoms with E-state index in [2.05, 4.69) is 5.32 Å². The lowest BCUT2D eigenvalue weighted by Gasteiger charge is -2.15. The largest absolute Gasteiger partial charge is 0.493 e. The van der Waals surface area contributed by atoms with Crippen LogP contribution < -0.4 is 24.3 Å². The van der Waals surface area contributed by atoms with Crippen molar-refractivity contribution in [3.05, 3.63) is 47.5 Å². The summed E-state index contributed by atoms with van der Waals surface area (Å²) in [6, 6.07) is 10.7. The first-order valence-corrected chi connectivity index (χ1v) is 8.90. The summed E-state index contributed by atoms with van der Waals surface area (Å²) in [7, 11) is 6.23. The van der Waals surface area contributed by atoms with Crippen molar-refractivity contribution in [2.45, 2.75) is 18.9 Å². The van der Waals surface area contributed by atoms with Gasteiger partial charge in [-0.2, -0.15) is 0 Å². The third-order valence-electron chi connectivity index (χ3n) is 4.37. The van der Waals surface area contributed by atoms with Crippen molar-refractivity contribution in [3.63, 3.8) is 0 Å². The molecule has 0 radical (unpaired) electrons. The molecule has 0 spiro atoms. The lowest BCUT2D eigenvalue weighted by Crippen LogP contribution is -2.28. The number of hydrogen-bond donors (Lipinski definition) is 2. The first-order valence-electron chi connectivity index (χ1n) is 8.90. The molecule has 28 heavy (non-hydrogen) atoms. The maximum absolute atomic E-state index is 12.1. The fourth-order valence-corrected chi connectivity index (χ4v) is 2.77. The Balaban J connectivity index is 1.87. The van der Waals surface area contributed by atoms with E-state index in [-0.39, 0.29) is 12.5 Å². The van der Waals surface area contributed by atoms with Crippen molar-refractivity contribution in [1.82, 2.24) is 5.32 Å². The molecule has 0 aromatic heterocycles. The summed E-state index contributed by atoms with van der Waals surface area (Å²) in [5.74, 6) is 2.24. The van der Waals surface area contributed by atoms with Crippen molar-refractivity contribution < 1.29 is 28.8 Å². The second kappa shape index (κ2) is 10.4. The van der Waals surface area contributed by atoms with Crippen LogP contribution in [0.25, 0.3) is 0 Å². The smallest absolute Gasteiger partial charge is 0.220 e. The van der Waals surface area contributed by atoms with Crippen LogP contribution in [-0.2, 0) is 11.2 Å². The highest BCUT2D eigenvalue weighted by Gasteiger charge is 2.13. The molecule has 0 saturated carbocycles. The van der Waals surface area contributed by atoms with Gasteiger partial charge in [0.25, 0.3) is 0 Å². The predicted molar refractivity (Wildman–Crippen MR) is 105 cm³/mol. The molecule has 152 valence electrons. The fraction of sp³-hybridized carbons (Fsp3) is 0.381. The van der Waals surface area contributed by atoms with Crippen LogP contribution in [0.2, 0.25) is 0 Å². The van der Waals surface area contributed by atoms with Gasteiger partial charge in [-0.3, -0.25) is 4.79 Å². The van der Waals surface area contributed by atoms with Gasteiger partial charge in [0, 0.05) is 13.0 Å². The zero-order valence-corrected chi connectivity index (χ0v) is 16.7. The van der Waals surface area contributed by atoms with Crippen molar-refractivity contribution in [3.8, 4) is 23.0 Å². The highest BCUT2D eigenvalue weighted by Crippen LogP contribution is 2.30. The van der Waals surface area contributed by atoms with Crippen LogP contribution in [0.15, 0.2) is 36.4 Å². The van der Waals surface area contributed by atoms with Gasteiger partial charge in [-0.1, -0.05) is 12.1 Å². The number of carbonyl (C=O) groups is 1. The molecular formula is C21H27NO6. The number of amides is 1. The van der Waals surface area contributed by atoms with Gasteiger partial charge in [0.15, 0.2) is 23.0 Å². The number of nitrogens with one attached hydrogen (secondary N) is 1. The molecule has 7 nitrogen and oxygen atoms in total. The van der Waals surface area contributed by atoms with Gasteiger partial charge in [-0.15, -0.1) is 0 Å². The Bertz CT molecular complexity index is 792. The number of benzene rings is 2. The highest BCUT2D eigenvalue weighted by atomic mass is 16.5. The first kappa shape index (κ1) is 21.4. The molecule has 2 rings (SSSR count). The summed E-state index contributed by atoms with van der Waals surface area (Å²) in [5, 5.41) is 13.1. The van der Waals surface area contributed by atoms with Gasteiger partial charge >= 0.3 is 0 Å². The summed E-state index contributed by atoms with van der Waals surface area (Å²) in [5.41, 5.74) is 1.60. The Hall–Kier alpha value is -2.93. The number of aryl methyl sites for hydroxylation is 1. The van der Waals surface area contributed by atoms with E-state index in [9.17, 15) is 9.90 Å². The molecule has 0 saturated heterocycles. The minimum Gasteiger partial charge on any atom is -0.493 e. The SMILES string of the molecule is COc1ccc(CCC(=O)NCC(O)c2ccc(OC)c(OC)c2)cc1OC. The first-order chi connectivity index (χ1) is 13.5. The van der Waals surface area contributed by atoms with Gasteiger partial charge in [0.2, 0.25) is 5.91 Å². The van der Waals surface area contributed by atoms with Crippen molar-refractivity contribution >= 4 is 5.91 Å². The van der Waals surface area contributed by atoms with Gasteiger partial charge in [0.1, 0.15) is 0 Å². The molecule has 0 aliphatic rings. The number of aliphatic hydroxyl groups is 1. The Morgan fingerprint density at radius 3 is 2.07 bits per heavy atom. The Labute approximate surface area is 165 Å². The average molecular weight is 389 g/mol. The monoisotopic (exact) mass is 389 g/mol. The maximum atomic E-state index is 12.1. The minimum absolute atomic E-state index is 0.111. The van der Waals surface area contributed by atoms with Crippen LogP contribution in [-0.4, -0.2) is 46.0 Å². The molecule has 0 heterocycles. The summed E-state index contributed by atoms with van der Waals surface area (Å²) < 4.78 is 20.9. The maximum Gasteiger partial charge on any atom is 0.220 e. The second-order valence-corrected chi connectivity index (χ2v) is 6.12. The predicted octanol–water partition coefficient (Wildman–Crippen LogP) is 2.50. The Morgan fingerprint density at radius 1 is 0.893 bits per heavy atom. The van der Waals surface area contributed by atoms with E-state index in [1.54, 1.807) is 39.5 Å². The van der Waals surface area contributed by atoms with E-state index in [0.29, 0.717) is 41.4 Å². The van der Waals surface area contributed by atoms with Gasteiger partial charge < -0.3 is 29.4 Å². The van der Waals surface area contributed by atoms with E-state index in [4.69, 9.17) is 18.9 Å². The van der Waals surface area contributed by atoms with E-state index in [0.717, 1.165) is 5.56 Å². The van der Waals surface area contributed by atoms with Crippen LogP contribution in [0.5, 0.6) is 23.0 Å². The molecule has 0 aliphatic carbocycles. The van der Waals surface area contributed by atoms with Crippen molar-refractivity contribution in [2.24, 2.45) is 0 Å². The van der Waals surface area contributed by atoms with Gasteiger partial charge in [-0.05, 0) is 41.8 Å². The third kappa shape index (κ3) is 5.53. The second-order valence-electron chi connectivity index (χ2n) is 6.12. The van der Waals surface area contributed by atoms with Crippen LogP contribution in [0.3, 0.4) is 0 Å². The van der Waals surface area contributed by atoms with E-state index in [1.165, 1.54) is 7.11 Å². The normalized spacial score (nSPS) is 11.5. The third-order valence-corrected chi connectivity index (χ3v) is 4.37. The summed E-state index contributed by atoms with van der Waals surface area (Å²) in [4.78, 5) is 12.1. The Morgan fingerprint density at radius 2 is 1.46 bits per heavy atom. The zero-order chi connectivity index (χ0) is 20.5. The molecule has 0 fully saturated rings. The molecular weight excluding hydrogens is 362 g/mol. The van der Waals surface area contributed by atoms with Gasteiger partial charge in [0.05, 0.1) is 34.5 Å². The van der Waals surface area contributed by atoms with Crippen LogP contribution in [0, 0.1) is 0 Å². The molecule has 2 N–H and O–H groups in total. The molecule has 0 aliphatic heterocycles. The standard InChI is InChI=1S/C21H27NO6/c1-25-17-8-5-14(11-19(17)27-3)6-10-21(24)22-13-16(23)15-7-9-18(26-2)20(12-15)28-4/h5,7-9,11-12,16,23H,6,10,13H2,1-4H3,(H,22,24). The Kier molecular flexibility index (Phi) is 7.95. The average Bonchev–Trinajstić information content (AvgIpc) is 2.74. The molecule has 0 bridgehead atoms. The molecule has 7 heteroatoms. The summed E-state index contributed by atoms with van der Waals surface area (Å²) in [6.45, 7) is 0.111. The quantitative estimate of drug-likeness (QED) is 0.649. The van der Waals surface area contributed by atoms with E-state index < -0.39 is 6.10 Å². The number of hydrogen-bond acceptors (Lipinski definition) is 6. The lowest BCUT2D eigenvalue weighted by molar-refractivity contribution is -0.121. The molecule has 1 amide bonds. The fourth-order valence-electron chi connectivity index (χ4n) is 2.77. The van der Waals surface area contributed by atoms with Crippen LogP contribution >= 0.6 is 0 Å². The van der Waals surface area contributed by atoms with Crippen molar-refractivity contribution in [2.75, 3.05) is 35.0 Å². The number of carbonyl (C=O) groups excluding carboxylic acids is 1. The van der Waals surface area contributed by atoms with Crippen LogP contribution in [0.1, 0.15) is 23.7 Å². The molecule has 1 unspecified atom stereocenters. The lowest BCUT2D eigenvalue weighted by atomic mass is 10.1. The van der Waals surface area contributed by atoms with Crippen LogP contribution in [0.4, 0.5) is 0 Å². The summed E-state index contributed by atoms with van der Waals surface area (Å²) in [6.07, 6.45) is 0.0112. The molecule has 2 aromatic rings. The van der Waals surface area contributed by atoms with E-state index >= 15 is 0 Å². The molecule has 1 atom stereocenters. The van der Waals surface area contributed by atoms with E-state index in [1.807, 2.05) is 18.2 Å². The zero-order valence-electron chi connectivity index (χ0n) is 16.7. The van der Waals surface area contributed by atoms with Gasteiger partial charge in [-0.25, -0.2) is 0 Å². The minimum atomic E-state index is -0.843.